The molecule has 1 atom stereocenters. The highest BCUT2D eigenvalue weighted by Gasteiger charge is 2.24. The van der Waals surface area contributed by atoms with Gasteiger partial charge in [0.15, 0.2) is 5.96 Å². The number of rotatable bonds is 7. The number of aryl methyl sites for hydroxylation is 1. The zero-order valence-electron chi connectivity index (χ0n) is 17.4. The second-order valence-electron chi connectivity index (χ2n) is 7.34. The molecule has 1 unspecified atom stereocenters. The molecule has 9 heteroatoms. The van der Waals surface area contributed by atoms with Crippen molar-refractivity contribution in [1.82, 2.24) is 20.0 Å². The van der Waals surface area contributed by atoms with Gasteiger partial charge in [0, 0.05) is 39.7 Å². The molecule has 1 aromatic heterocycles. The van der Waals surface area contributed by atoms with Crippen molar-refractivity contribution >= 4 is 11.8 Å². The van der Waals surface area contributed by atoms with E-state index in [4.69, 9.17) is 10.5 Å². The third-order valence-electron chi connectivity index (χ3n) is 5.25. The largest absolute Gasteiger partial charge is 0.384 e. The summed E-state index contributed by atoms with van der Waals surface area (Å²) in [7, 11) is 3.51. The molecule has 0 saturated carbocycles. The van der Waals surface area contributed by atoms with Gasteiger partial charge in [-0.1, -0.05) is 0 Å². The number of aromatic nitrogens is 2. The summed E-state index contributed by atoms with van der Waals surface area (Å²) >= 11 is 0. The number of nitrogens with one attached hydrogen (secondary N) is 1. The molecular formula is C21H28FN7O. The van der Waals surface area contributed by atoms with Crippen molar-refractivity contribution in [3.63, 3.8) is 0 Å². The first-order valence-corrected chi connectivity index (χ1v) is 10.0. The van der Waals surface area contributed by atoms with E-state index in [-0.39, 0.29) is 11.6 Å². The zero-order chi connectivity index (χ0) is 21.5. The van der Waals surface area contributed by atoms with Crippen LogP contribution in [0.1, 0.15) is 24.1 Å². The molecule has 1 fully saturated rings. The summed E-state index contributed by atoms with van der Waals surface area (Å²) in [6, 6.07) is 7.99. The highest BCUT2D eigenvalue weighted by atomic mass is 19.1. The number of anilines is 1. The average Bonchev–Trinajstić information content (AvgIpc) is 3.33. The number of methoxy groups -OCH3 is 1. The predicted molar refractivity (Wildman–Crippen MR) is 114 cm³/mol. The Hall–Kier alpha value is -3.12. The number of likely N-dealkylation sites (tertiary alicyclic amines) is 1. The Balaban J connectivity index is 1.58. The van der Waals surface area contributed by atoms with E-state index in [2.05, 4.69) is 26.4 Å². The summed E-state index contributed by atoms with van der Waals surface area (Å²) in [5.41, 5.74) is 7.73. The van der Waals surface area contributed by atoms with E-state index in [9.17, 15) is 9.65 Å². The van der Waals surface area contributed by atoms with Gasteiger partial charge in [-0.25, -0.2) is 9.07 Å². The lowest BCUT2D eigenvalue weighted by atomic mass is 10.1. The van der Waals surface area contributed by atoms with Crippen LogP contribution in [0.5, 0.6) is 0 Å². The molecule has 2 heterocycles. The van der Waals surface area contributed by atoms with Gasteiger partial charge in [0.25, 0.3) is 0 Å². The number of guanidine groups is 1. The Morgan fingerprint density at radius 2 is 2.20 bits per heavy atom. The van der Waals surface area contributed by atoms with Crippen molar-refractivity contribution in [2.45, 2.75) is 19.3 Å². The molecule has 0 radical (unpaired) electrons. The van der Waals surface area contributed by atoms with E-state index in [1.54, 1.807) is 26.3 Å². The molecule has 1 aliphatic heterocycles. The van der Waals surface area contributed by atoms with Gasteiger partial charge < -0.3 is 20.7 Å². The number of halogens is 1. The van der Waals surface area contributed by atoms with Gasteiger partial charge in [-0.3, -0.25) is 4.99 Å². The smallest absolute Gasteiger partial charge is 0.193 e. The van der Waals surface area contributed by atoms with Gasteiger partial charge in [-0.05, 0) is 43.5 Å². The summed E-state index contributed by atoms with van der Waals surface area (Å²) in [6.07, 6.45) is 2.46. The Morgan fingerprint density at radius 1 is 1.43 bits per heavy atom. The lowest BCUT2D eigenvalue weighted by Crippen LogP contribution is -2.40. The number of nitriles is 1. The van der Waals surface area contributed by atoms with Gasteiger partial charge in [0.2, 0.25) is 0 Å². The van der Waals surface area contributed by atoms with Crippen LogP contribution in [0, 0.1) is 23.1 Å². The first-order valence-electron chi connectivity index (χ1n) is 10.0. The van der Waals surface area contributed by atoms with E-state index >= 15 is 0 Å². The molecule has 0 bridgehead atoms. The van der Waals surface area contributed by atoms with Crippen molar-refractivity contribution in [1.29, 1.82) is 5.26 Å². The van der Waals surface area contributed by atoms with Gasteiger partial charge >= 0.3 is 0 Å². The number of nitrogens with two attached hydrogens (primary N) is 1. The van der Waals surface area contributed by atoms with Crippen molar-refractivity contribution in [2.75, 3.05) is 46.1 Å². The molecule has 160 valence electrons. The highest BCUT2D eigenvalue weighted by Crippen LogP contribution is 2.22. The Labute approximate surface area is 176 Å². The first kappa shape index (κ1) is 21.6. The summed E-state index contributed by atoms with van der Waals surface area (Å²) in [5, 5.41) is 17.4. The van der Waals surface area contributed by atoms with E-state index < -0.39 is 0 Å². The summed E-state index contributed by atoms with van der Waals surface area (Å²) in [4.78, 5) is 6.62. The van der Waals surface area contributed by atoms with Gasteiger partial charge in [-0.2, -0.15) is 10.4 Å². The summed E-state index contributed by atoms with van der Waals surface area (Å²) in [5.74, 6) is 1.34. The standard InChI is InChI=1S/C21H28FN7O/c1-25-21(28-11-9-15(13-28)14-30-2)26-10-3-4-19-18(12-23)20(24)29(27-19)17-7-5-16(22)6-8-17/h5-8,15H,3-4,9-11,13-14,24H2,1-2H3,(H,25,26). The summed E-state index contributed by atoms with van der Waals surface area (Å²) in [6.45, 7) is 3.37. The highest BCUT2D eigenvalue weighted by molar-refractivity contribution is 5.80. The lowest BCUT2D eigenvalue weighted by Gasteiger charge is -2.21. The maximum absolute atomic E-state index is 13.2. The first-order chi connectivity index (χ1) is 14.6. The molecule has 0 amide bonds. The number of nitrogen functional groups attached to an aromatic ring is 1. The quantitative estimate of drug-likeness (QED) is 0.408. The monoisotopic (exact) mass is 413 g/mol. The van der Waals surface area contributed by atoms with Crippen molar-refractivity contribution < 1.29 is 9.13 Å². The molecule has 30 heavy (non-hydrogen) atoms. The second kappa shape index (κ2) is 10.1. The Morgan fingerprint density at radius 3 is 2.87 bits per heavy atom. The Bertz CT molecular complexity index is 917. The third-order valence-corrected chi connectivity index (χ3v) is 5.25. The van der Waals surface area contributed by atoms with E-state index in [0.717, 1.165) is 38.5 Å². The van der Waals surface area contributed by atoms with Gasteiger partial charge in [-0.15, -0.1) is 0 Å². The van der Waals surface area contributed by atoms with Crippen LogP contribution in [-0.4, -0.2) is 61.0 Å². The van der Waals surface area contributed by atoms with E-state index in [1.807, 2.05) is 0 Å². The fourth-order valence-corrected chi connectivity index (χ4v) is 3.74. The zero-order valence-corrected chi connectivity index (χ0v) is 17.4. The molecule has 2 aromatic rings. The molecule has 8 nitrogen and oxygen atoms in total. The second-order valence-corrected chi connectivity index (χ2v) is 7.34. The third kappa shape index (κ3) is 4.89. The minimum absolute atomic E-state index is 0.268. The van der Waals surface area contributed by atoms with Crippen LogP contribution in [0.25, 0.3) is 5.69 Å². The predicted octanol–water partition coefficient (Wildman–Crippen LogP) is 1.94. The van der Waals surface area contributed by atoms with Gasteiger partial charge in [0.1, 0.15) is 23.3 Å². The number of benzene rings is 1. The van der Waals surface area contributed by atoms with E-state index in [0.29, 0.717) is 35.8 Å². The lowest BCUT2D eigenvalue weighted by molar-refractivity contribution is 0.157. The minimum Gasteiger partial charge on any atom is -0.384 e. The Kier molecular flexibility index (Phi) is 7.25. The molecule has 0 spiro atoms. The van der Waals surface area contributed by atoms with Crippen molar-refractivity contribution in [3.05, 3.63) is 41.3 Å². The maximum atomic E-state index is 13.2. The van der Waals surface area contributed by atoms with Crippen molar-refractivity contribution in [3.8, 4) is 11.8 Å². The number of hydrogen-bond acceptors (Lipinski definition) is 5. The van der Waals surface area contributed by atoms with Crippen LogP contribution >= 0.6 is 0 Å². The summed E-state index contributed by atoms with van der Waals surface area (Å²) < 4.78 is 19.9. The maximum Gasteiger partial charge on any atom is 0.193 e. The number of nitrogens with zero attached hydrogens (tertiary/aromatic N) is 5. The molecule has 1 saturated heterocycles. The molecular weight excluding hydrogens is 385 g/mol. The molecule has 3 N–H and O–H groups in total. The van der Waals surface area contributed by atoms with Gasteiger partial charge in [0.05, 0.1) is 18.0 Å². The van der Waals surface area contributed by atoms with Crippen molar-refractivity contribution in [2.24, 2.45) is 10.9 Å². The molecule has 0 aliphatic carbocycles. The number of ether oxygens (including phenoxy) is 1. The van der Waals surface area contributed by atoms with E-state index in [1.165, 1.54) is 16.8 Å². The SMILES string of the molecule is CN=C(NCCCc1nn(-c2ccc(F)cc2)c(N)c1C#N)N1CCC(COC)C1. The van der Waals surface area contributed by atoms with Crippen LogP contribution < -0.4 is 11.1 Å². The normalized spacial score (nSPS) is 16.7. The molecule has 1 aliphatic rings. The number of hydrogen-bond donors (Lipinski definition) is 2. The average molecular weight is 414 g/mol. The van der Waals surface area contributed by atoms with Crippen LogP contribution in [0.15, 0.2) is 29.3 Å². The molecule has 1 aromatic carbocycles. The number of aliphatic imine (C=N–C) groups is 1. The van der Waals surface area contributed by atoms with Crippen LogP contribution in [0.4, 0.5) is 10.2 Å². The van der Waals surface area contributed by atoms with Crippen LogP contribution in [0.3, 0.4) is 0 Å². The minimum atomic E-state index is -0.337. The topological polar surface area (TPSA) is 104 Å². The van der Waals surface area contributed by atoms with Crippen LogP contribution in [-0.2, 0) is 11.2 Å². The van der Waals surface area contributed by atoms with Crippen LogP contribution in [0.2, 0.25) is 0 Å². The fraction of sp³-hybridized carbons (Fsp3) is 0.476. The molecule has 3 rings (SSSR count). The fourth-order valence-electron chi connectivity index (χ4n) is 3.74.